The van der Waals surface area contributed by atoms with E-state index in [1.165, 1.54) is 37.7 Å². The molecule has 3 heteroatoms. The highest BCUT2D eigenvalue weighted by molar-refractivity contribution is 7.85. The fraction of sp³-hybridized carbons (Fsp3) is 0.846. The highest BCUT2D eigenvalue weighted by Crippen LogP contribution is 2.23. The van der Waals surface area contributed by atoms with E-state index < -0.39 is 10.8 Å². The minimum atomic E-state index is -0.542. The van der Waals surface area contributed by atoms with Crippen molar-refractivity contribution in [1.29, 1.82) is 0 Å². The summed E-state index contributed by atoms with van der Waals surface area (Å²) in [6.45, 7) is 0.834. The maximum absolute atomic E-state index is 11.2. The Hall–Kier alpha value is -0.310. The van der Waals surface area contributed by atoms with Crippen molar-refractivity contribution in [3.63, 3.8) is 0 Å². The fourth-order valence-corrected chi connectivity index (χ4v) is 3.83. The first kappa shape index (κ1) is 12.2. The summed E-state index contributed by atoms with van der Waals surface area (Å²) in [6.07, 6.45) is 10.7. The van der Waals surface area contributed by atoms with Crippen LogP contribution >= 0.6 is 0 Å². The molecule has 0 unspecified atom stereocenters. The van der Waals surface area contributed by atoms with Crippen molar-refractivity contribution < 1.29 is 8.95 Å². The van der Waals surface area contributed by atoms with Crippen molar-refractivity contribution in [2.75, 3.05) is 18.1 Å². The van der Waals surface area contributed by atoms with E-state index in [2.05, 4.69) is 0 Å². The Balaban J connectivity index is 1.65. The van der Waals surface area contributed by atoms with Gasteiger partial charge in [0.15, 0.2) is 0 Å². The van der Waals surface area contributed by atoms with Crippen LogP contribution in [0.4, 0.5) is 0 Å². The van der Waals surface area contributed by atoms with Crippen molar-refractivity contribution in [3.05, 3.63) is 11.8 Å². The lowest BCUT2D eigenvalue weighted by atomic mass is 9.96. The molecule has 0 bridgehead atoms. The predicted molar refractivity (Wildman–Crippen MR) is 67.7 cm³/mol. The number of rotatable bonds is 3. The summed E-state index contributed by atoms with van der Waals surface area (Å²) in [6, 6.07) is 0. The molecular formula is C13H22O2S. The maximum atomic E-state index is 11.2. The van der Waals surface area contributed by atoms with E-state index in [-0.39, 0.29) is 0 Å². The van der Waals surface area contributed by atoms with Crippen molar-refractivity contribution in [2.45, 2.75) is 44.9 Å². The summed E-state index contributed by atoms with van der Waals surface area (Å²) in [5, 5.41) is 0. The second-order valence-electron chi connectivity index (χ2n) is 4.96. The van der Waals surface area contributed by atoms with Gasteiger partial charge in [-0.3, -0.25) is 4.21 Å². The number of hydrogen-bond donors (Lipinski definition) is 0. The number of hydrogen-bond acceptors (Lipinski definition) is 2. The average molecular weight is 242 g/mol. The topological polar surface area (TPSA) is 26.3 Å². The third-order valence-corrected chi connectivity index (χ3v) is 4.97. The third-order valence-electron chi connectivity index (χ3n) is 3.59. The van der Waals surface area contributed by atoms with E-state index in [1.54, 1.807) is 0 Å². The van der Waals surface area contributed by atoms with Crippen LogP contribution in [0.15, 0.2) is 11.8 Å². The van der Waals surface area contributed by atoms with Crippen LogP contribution in [-0.2, 0) is 15.5 Å². The van der Waals surface area contributed by atoms with Crippen molar-refractivity contribution >= 4 is 10.8 Å². The normalized spacial score (nSPS) is 31.1. The molecule has 2 fully saturated rings. The highest BCUT2D eigenvalue weighted by Gasteiger charge is 2.17. The Labute approximate surface area is 101 Å². The van der Waals surface area contributed by atoms with Gasteiger partial charge in [-0.2, -0.15) is 0 Å². The molecule has 2 aliphatic rings. The van der Waals surface area contributed by atoms with Gasteiger partial charge in [-0.05, 0) is 50.0 Å². The summed E-state index contributed by atoms with van der Waals surface area (Å²) in [5.74, 6) is 2.40. The largest absolute Gasteiger partial charge is 0.501 e. The van der Waals surface area contributed by atoms with Crippen LogP contribution in [0.3, 0.4) is 0 Å². The van der Waals surface area contributed by atoms with Gasteiger partial charge in [-0.1, -0.05) is 6.42 Å². The van der Waals surface area contributed by atoms with Gasteiger partial charge in [0.05, 0.1) is 12.9 Å². The first-order valence-corrected chi connectivity index (χ1v) is 7.98. The Bertz CT molecular complexity index is 255. The van der Waals surface area contributed by atoms with Crippen LogP contribution in [0.5, 0.6) is 0 Å². The molecule has 1 saturated carbocycles. The Kier molecular flexibility index (Phi) is 4.89. The summed E-state index contributed by atoms with van der Waals surface area (Å²) in [7, 11) is -0.542. The third kappa shape index (κ3) is 3.93. The average Bonchev–Trinajstić information content (AvgIpc) is 2.33. The lowest BCUT2D eigenvalue weighted by Crippen LogP contribution is -2.21. The molecule has 1 aliphatic heterocycles. The van der Waals surface area contributed by atoms with E-state index >= 15 is 0 Å². The Morgan fingerprint density at radius 3 is 2.56 bits per heavy atom. The van der Waals surface area contributed by atoms with E-state index in [4.69, 9.17) is 4.74 Å². The van der Waals surface area contributed by atoms with Crippen LogP contribution < -0.4 is 0 Å². The number of ether oxygens (including phenoxy) is 1. The molecule has 92 valence electrons. The summed E-state index contributed by atoms with van der Waals surface area (Å²) in [5.41, 5.74) is 1.49. The molecule has 0 spiro atoms. The van der Waals surface area contributed by atoms with Crippen LogP contribution in [0.25, 0.3) is 0 Å². The molecule has 1 aliphatic carbocycles. The second kappa shape index (κ2) is 6.43. The molecule has 16 heavy (non-hydrogen) atoms. The van der Waals surface area contributed by atoms with Gasteiger partial charge in [-0.25, -0.2) is 0 Å². The van der Waals surface area contributed by atoms with Crippen LogP contribution in [0.1, 0.15) is 44.9 Å². The zero-order chi connectivity index (χ0) is 11.2. The monoisotopic (exact) mass is 242 g/mol. The molecule has 0 aromatic rings. The van der Waals surface area contributed by atoms with Crippen molar-refractivity contribution in [3.8, 4) is 0 Å². The van der Waals surface area contributed by atoms with Gasteiger partial charge in [0.25, 0.3) is 0 Å². The minimum Gasteiger partial charge on any atom is -0.501 e. The molecule has 2 rings (SSSR count). The van der Waals surface area contributed by atoms with Crippen molar-refractivity contribution in [1.82, 2.24) is 0 Å². The molecule has 1 saturated heterocycles. The summed E-state index contributed by atoms with van der Waals surface area (Å²) >= 11 is 0. The first-order valence-electron chi connectivity index (χ1n) is 6.49. The van der Waals surface area contributed by atoms with Gasteiger partial charge in [0, 0.05) is 22.3 Å². The van der Waals surface area contributed by atoms with Gasteiger partial charge in [-0.15, -0.1) is 0 Å². The summed E-state index contributed by atoms with van der Waals surface area (Å²) < 4.78 is 16.9. The molecule has 1 heterocycles. The van der Waals surface area contributed by atoms with Crippen molar-refractivity contribution in [2.24, 2.45) is 5.92 Å². The van der Waals surface area contributed by atoms with E-state index in [9.17, 15) is 4.21 Å². The van der Waals surface area contributed by atoms with Crippen LogP contribution in [0.2, 0.25) is 0 Å². The Morgan fingerprint density at radius 1 is 1.19 bits per heavy atom. The molecule has 0 atom stereocenters. The smallest absolute Gasteiger partial charge is 0.0902 e. The first-order chi connectivity index (χ1) is 7.84. The standard InChI is InChI=1S/C13H22O2S/c14-16-8-6-13(7-9-16)11-15-10-12-4-2-1-3-5-12/h10,13H,1-9,11H2. The SMILES string of the molecule is O=S1CCC(COC=C2CCCCC2)CC1. The van der Waals surface area contributed by atoms with Gasteiger partial charge in [0.1, 0.15) is 0 Å². The van der Waals surface area contributed by atoms with Gasteiger partial charge < -0.3 is 4.74 Å². The molecular weight excluding hydrogens is 220 g/mol. The lowest BCUT2D eigenvalue weighted by molar-refractivity contribution is 0.183. The molecule has 0 N–H and O–H groups in total. The molecule has 2 nitrogen and oxygen atoms in total. The fourth-order valence-electron chi connectivity index (χ4n) is 2.44. The van der Waals surface area contributed by atoms with Crippen LogP contribution in [-0.4, -0.2) is 22.3 Å². The van der Waals surface area contributed by atoms with E-state index in [0.717, 1.165) is 31.0 Å². The lowest BCUT2D eigenvalue weighted by Gasteiger charge is -2.21. The van der Waals surface area contributed by atoms with Crippen LogP contribution in [0, 0.1) is 5.92 Å². The number of allylic oxidation sites excluding steroid dienone is 1. The predicted octanol–water partition coefficient (Wildman–Crippen LogP) is 3.01. The molecule has 0 aromatic heterocycles. The highest BCUT2D eigenvalue weighted by atomic mass is 32.2. The molecule has 0 amide bonds. The van der Waals surface area contributed by atoms with E-state index in [1.807, 2.05) is 6.26 Å². The zero-order valence-corrected chi connectivity index (χ0v) is 10.8. The molecule has 0 radical (unpaired) electrons. The van der Waals surface area contributed by atoms with E-state index in [0.29, 0.717) is 5.92 Å². The van der Waals surface area contributed by atoms with Gasteiger partial charge >= 0.3 is 0 Å². The molecule has 0 aromatic carbocycles. The summed E-state index contributed by atoms with van der Waals surface area (Å²) in [4.78, 5) is 0. The quantitative estimate of drug-likeness (QED) is 0.711. The maximum Gasteiger partial charge on any atom is 0.0902 e. The minimum absolute atomic E-state index is 0.542. The Morgan fingerprint density at radius 2 is 1.88 bits per heavy atom. The van der Waals surface area contributed by atoms with Gasteiger partial charge in [0.2, 0.25) is 0 Å². The zero-order valence-electron chi connectivity index (χ0n) is 9.95. The second-order valence-corrected chi connectivity index (χ2v) is 6.66.